The Kier molecular flexibility index (Phi) is 8.63. The van der Waals surface area contributed by atoms with Crippen LogP contribution in [0, 0.1) is 10.8 Å². The Morgan fingerprint density at radius 2 is 1.56 bits per heavy atom. The lowest BCUT2D eigenvalue weighted by atomic mass is 9.64. The molecule has 2 aliphatic heterocycles. The normalized spacial score (nSPS) is 34.3. The minimum atomic E-state index is -0.791. The molecule has 0 aromatic carbocycles. The summed E-state index contributed by atoms with van der Waals surface area (Å²) in [6, 6.07) is 0. The van der Waals surface area contributed by atoms with Crippen LogP contribution in [0.4, 0.5) is 0 Å². The molecular weight excluding hydrogens is 508 g/mol. The summed E-state index contributed by atoms with van der Waals surface area (Å²) in [6.45, 7) is 17.0. The van der Waals surface area contributed by atoms with Crippen LogP contribution < -0.4 is 0 Å². The third-order valence-corrected chi connectivity index (χ3v) is 9.38. The van der Waals surface area contributed by atoms with Gasteiger partial charge in [-0.25, -0.2) is 4.79 Å². The van der Waals surface area contributed by atoms with Crippen molar-refractivity contribution in [2.24, 2.45) is 10.8 Å². The summed E-state index contributed by atoms with van der Waals surface area (Å²) in [5.74, 6) is 0.223. The minimum Gasteiger partial charge on any atom is -0.423 e. The minimum absolute atomic E-state index is 0.0370. The predicted octanol–water partition coefficient (Wildman–Crippen LogP) is 8.70. The van der Waals surface area contributed by atoms with Crippen molar-refractivity contribution in [2.45, 2.75) is 111 Å². The fourth-order valence-corrected chi connectivity index (χ4v) is 6.97. The fraction of sp³-hybridized carbons (Fsp3) is 0.514. The maximum Gasteiger partial charge on any atom is 0.343 e. The number of fused-ring (bicyclic) bond motifs is 1. The second-order valence-electron chi connectivity index (χ2n) is 13.9. The molecule has 4 heteroatoms. The van der Waals surface area contributed by atoms with Gasteiger partial charge in [-0.15, -0.1) is 5.73 Å². The molecule has 4 aliphatic rings. The highest BCUT2D eigenvalue weighted by Crippen LogP contribution is 2.66. The molecule has 0 aromatic heterocycles. The molecule has 2 saturated carbocycles. The van der Waals surface area contributed by atoms with Gasteiger partial charge in [0.1, 0.15) is 11.4 Å². The molecule has 1 saturated heterocycles. The van der Waals surface area contributed by atoms with Crippen LogP contribution in [0.3, 0.4) is 0 Å². The number of carbonyl (C=O) groups excluding carboxylic acids is 1. The van der Waals surface area contributed by atoms with E-state index in [1.165, 1.54) is 6.42 Å². The average molecular weight is 557 g/mol. The van der Waals surface area contributed by atoms with Gasteiger partial charge >= 0.3 is 5.97 Å². The van der Waals surface area contributed by atoms with Gasteiger partial charge in [-0.05, 0) is 113 Å². The van der Waals surface area contributed by atoms with E-state index in [0.717, 1.165) is 48.8 Å². The van der Waals surface area contributed by atoms with E-state index < -0.39 is 5.60 Å². The zero-order chi connectivity index (χ0) is 30.1. The third-order valence-electron chi connectivity index (χ3n) is 9.38. The summed E-state index contributed by atoms with van der Waals surface area (Å²) < 4.78 is 11.8. The van der Waals surface area contributed by atoms with Gasteiger partial charge in [-0.1, -0.05) is 64.2 Å². The quantitative estimate of drug-likeness (QED) is 0.147. The van der Waals surface area contributed by atoms with Crippen LogP contribution in [0.15, 0.2) is 101 Å². The molecular formula is C37H48O4. The predicted molar refractivity (Wildman–Crippen MR) is 167 cm³/mol. The van der Waals surface area contributed by atoms with Gasteiger partial charge in [-0.2, -0.15) is 0 Å². The van der Waals surface area contributed by atoms with E-state index in [-0.39, 0.29) is 28.0 Å². The second kappa shape index (κ2) is 11.4. The monoisotopic (exact) mass is 556 g/mol. The summed E-state index contributed by atoms with van der Waals surface area (Å²) in [6.07, 6.45) is 27.7. The number of hydrogen-bond acceptors (Lipinski definition) is 4. The number of allylic oxidation sites excluding steroid dienone is 10. The molecule has 0 amide bonds. The Hall–Kier alpha value is -2.91. The van der Waals surface area contributed by atoms with Crippen molar-refractivity contribution in [3.05, 3.63) is 101 Å². The van der Waals surface area contributed by atoms with Crippen molar-refractivity contribution in [3.8, 4) is 0 Å². The number of hydrogen-bond donors (Lipinski definition) is 1. The van der Waals surface area contributed by atoms with E-state index in [4.69, 9.17) is 9.47 Å². The summed E-state index contributed by atoms with van der Waals surface area (Å²) >= 11 is 0. The van der Waals surface area contributed by atoms with E-state index >= 15 is 0 Å². The fourth-order valence-electron chi connectivity index (χ4n) is 6.97. The Labute approximate surface area is 247 Å². The number of aliphatic hydroxyl groups is 1. The van der Waals surface area contributed by atoms with E-state index in [0.29, 0.717) is 11.3 Å². The second-order valence-corrected chi connectivity index (χ2v) is 13.9. The average Bonchev–Trinajstić information content (AvgIpc) is 3.35. The van der Waals surface area contributed by atoms with Gasteiger partial charge in [0, 0.05) is 11.0 Å². The molecule has 2 heterocycles. The first-order valence-electron chi connectivity index (χ1n) is 15.0. The first-order valence-corrected chi connectivity index (χ1v) is 15.0. The number of cyclic esters (lactones) is 1. The van der Waals surface area contributed by atoms with Crippen molar-refractivity contribution in [3.63, 3.8) is 0 Å². The molecule has 2 unspecified atom stereocenters. The Balaban J connectivity index is 1.35. The Morgan fingerprint density at radius 1 is 0.902 bits per heavy atom. The van der Waals surface area contributed by atoms with Crippen LogP contribution in [0.25, 0.3) is 0 Å². The van der Waals surface area contributed by atoms with Gasteiger partial charge < -0.3 is 14.6 Å². The van der Waals surface area contributed by atoms with Crippen LogP contribution in [0.1, 0.15) is 93.9 Å². The molecule has 41 heavy (non-hydrogen) atoms. The zero-order valence-electron chi connectivity index (χ0n) is 26.3. The lowest BCUT2D eigenvalue weighted by Crippen LogP contribution is -2.41. The van der Waals surface area contributed by atoms with E-state index in [1.807, 2.05) is 75.5 Å². The highest BCUT2D eigenvalue weighted by molar-refractivity contribution is 5.95. The van der Waals surface area contributed by atoms with Crippen LogP contribution in [-0.4, -0.2) is 27.9 Å². The third kappa shape index (κ3) is 6.61. The lowest BCUT2D eigenvalue weighted by molar-refractivity contribution is -0.132. The largest absolute Gasteiger partial charge is 0.423 e. The first-order chi connectivity index (χ1) is 19.1. The van der Waals surface area contributed by atoms with Crippen molar-refractivity contribution >= 4 is 5.97 Å². The number of rotatable bonds is 7. The van der Waals surface area contributed by atoms with E-state index in [9.17, 15) is 9.90 Å². The van der Waals surface area contributed by atoms with Crippen LogP contribution in [0.2, 0.25) is 0 Å². The SMILES string of the molecule is C\C(C=C=C1C(C)(C)CCC[C@@]1(C)O)=C/C=C/C=C/C=C(C)/C=C1C=C(/C=C/C23OC2(C)CCCC3(C)C)C(=O)O\1. The van der Waals surface area contributed by atoms with Gasteiger partial charge in [-0.3, -0.25) is 0 Å². The molecule has 4 nitrogen and oxygen atoms in total. The standard InChI is InChI=1S/C37H48O4/c1-27(17-18-31-33(3,4)20-13-22-35(31,7)39)15-11-9-10-12-16-28(2)25-30-26-29(32(38)40-30)19-24-37-34(5,6)21-14-23-36(37,8)41-37/h9-12,15-17,19,24-26,39H,13-14,20-23H2,1-8H3/b11-9+,12-10+,24-19+,27-15+,28-16+,30-25+/t18?,35-,36?,37?/m1/s1. The molecule has 2 aliphatic carbocycles. The topological polar surface area (TPSA) is 59.1 Å². The smallest absolute Gasteiger partial charge is 0.343 e. The molecule has 0 aromatic rings. The van der Waals surface area contributed by atoms with E-state index in [2.05, 4.69) is 46.4 Å². The summed E-state index contributed by atoms with van der Waals surface area (Å²) in [7, 11) is 0. The molecule has 0 spiro atoms. The molecule has 0 radical (unpaired) electrons. The van der Waals surface area contributed by atoms with Gasteiger partial charge in [0.25, 0.3) is 0 Å². The molecule has 3 fully saturated rings. The van der Waals surface area contributed by atoms with Crippen molar-refractivity contribution in [1.29, 1.82) is 0 Å². The Bertz CT molecular complexity index is 1330. The van der Waals surface area contributed by atoms with Crippen LogP contribution in [0.5, 0.6) is 0 Å². The maximum absolute atomic E-state index is 12.5. The van der Waals surface area contributed by atoms with Crippen molar-refractivity contribution in [2.75, 3.05) is 0 Å². The number of carbonyl (C=O) groups is 1. The van der Waals surface area contributed by atoms with Crippen LogP contribution >= 0.6 is 0 Å². The highest BCUT2D eigenvalue weighted by Gasteiger charge is 2.73. The van der Waals surface area contributed by atoms with Gasteiger partial charge in [0.2, 0.25) is 0 Å². The van der Waals surface area contributed by atoms with Crippen molar-refractivity contribution < 1.29 is 19.4 Å². The maximum atomic E-state index is 12.5. The van der Waals surface area contributed by atoms with Crippen LogP contribution in [-0.2, 0) is 14.3 Å². The first kappa shape index (κ1) is 31.0. The molecule has 3 atom stereocenters. The van der Waals surface area contributed by atoms with Crippen molar-refractivity contribution in [1.82, 2.24) is 0 Å². The molecule has 0 bridgehead atoms. The van der Waals surface area contributed by atoms with Gasteiger partial charge in [0.15, 0.2) is 0 Å². The summed E-state index contributed by atoms with van der Waals surface area (Å²) in [5, 5.41) is 10.8. The van der Waals surface area contributed by atoms with Gasteiger partial charge in [0.05, 0.1) is 16.8 Å². The number of esters is 1. The number of ether oxygens (including phenoxy) is 2. The Morgan fingerprint density at radius 3 is 2.22 bits per heavy atom. The molecule has 1 N–H and O–H groups in total. The molecule has 220 valence electrons. The lowest BCUT2D eigenvalue weighted by Gasteiger charge is -2.41. The zero-order valence-corrected chi connectivity index (χ0v) is 26.3. The number of epoxide rings is 1. The van der Waals surface area contributed by atoms with E-state index in [1.54, 1.807) is 6.08 Å². The molecule has 4 rings (SSSR count). The summed E-state index contributed by atoms with van der Waals surface area (Å²) in [5.41, 5.74) is 5.75. The summed E-state index contributed by atoms with van der Waals surface area (Å²) in [4.78, 5) is 12.5. The highest BCUT2D eigenvalue weighted by atomic mass is 16.6.